The van der Waals surface area contributed by atoms with Gasteiger partial charge in [-0.3, -0.25) is 19.2 Å². The molecule has 3 amide bonds. The van der Waals surface area contributed by atoms with Gasteiger partial charge in [-0.1, -0.05) is 6.92 Å². The molecule has 0 aliphatic carbocycles. The van der Waals surface area contributed by atoms with E-state index in [9.17, 15) is 19.2 Å². The molecule has 0 saturated carbocycles. The third-order valence-electron chi connectivity index (χ3n) is 8.22. The predicted octanol–water partition coefficient (Wildman–Crippen LogP) is 2.34. The molecule has 4 heterocycles. The number of likely N-dealkylation sites (tertiary alicyclic amines) is 2. The largest absolute Gasteiger partial charge is 0.369 e. The van der Waals surface area contributed by atoms with Crippen molar-refractivity contribution in [2.24, 2.45) is 5.92 Å². The van der Waals surface area contributed by atoms with Gasteiger partial charge in [-0.15, -0.1) is 0 Å². The first-order valence-electron chi connectivity index (χ1n) is 13.8. The van der Waals surface area contributed by atoms with Gasteiger partial charge in [0.05, 0.1) is 18.2 Å². The summed E-state index contributed by atoms with van der Waals surface area (Å²) in [6.45, 7) is 7.05. The highest BCUT2D eigenvalue weighted by Crippen LogP contribution is 2.32. The Balaban J connectivity index is 1.07. The maximum Gasteiger partial charge on any atom is 0.255 e. The summed E-state index contributed by atoms with van der Waals surface area (Å²) in [5.41, 5.74) is 2.36. The molecule has 1 N–H and O–H groups in total. The summed E-state index contributed by atoms with van der Waals surface area (Å²) in [6, 6.07) is 8.73. The second-order valence-corrected chi connectivity index (χ2v) is 11.8. The summed E-state index contributed by atoms with van der Waals surface area (Å²) in [4.78, 5) is 59.4. The Hall–Kier alpha value is -3.24. The first-order valence-corrected chi connectivity index (χ1v) is 14.7. The van der Waals surface area contributed by atoms with Crippen LogP contribution in [0.25, 0.3) is 0 Å². The normalized spacial score (nSPS) is 22.2. The standard InChI is InChI=1S/C29H37N5O4S/c1-20(7-10-30-28(37)21-3-5-23(6-4-21)32-14-12-31(2)13-15-32)17-26(36)33-11-8-24-27(33)25(35)18-34(24)29(38)22-9-16-39-19-22/h3-6,9,16,19-20,24,27H,7-8,10-15,17-18H2,1-2H3,(H,30,37). The molecule has 0 spiro atoms. The van der Waals surface area contributed by atoms with E-state index < -0.39 is 6.04 Å². The number of hydrogen-bond acceptors (Lipinski definition) is 7. The van der Waals surface area contributed by atoms with E-state index in [1.165, 1.54) is 11.3 Å². The quantitative estimate of drug-likeness (QED) is 0.542. The number of Topliss-reactive ketones (excluding diaryl/α,β-unsaturated/α-hetero) is 1. The molecule has 3 aliphatic rings. The number of piperazine rings is 1. The number of rotatable bonds is 8. The smallest absolute Gasteiger partial charge is 0.255 e. The minimum absolute atomic E-state index is 0.0523. The summed E-state index contributed by atoms with van der Waals surface area (Å²) >= 11 is 1.45. The molecule has 9 nitrogen and oxygen atoms in total. The van der Waals surface area contributed by atoms with E-state index in [1.807, 2.05) is 36.6 Å². The molecule has 3 fully saturated rings. The number of nitrogens with zero attached hydrogens (tertiary/aromatic N) is 4. The van der Waals surface area contributed by atoms with Crippen LogP contribution in [0.5, 0.6) is 0 Å². The average Bonchev–Trinajstić information content (AvgIpc) is 3.68. The highest BCUT2D eigenvalue weighted by molar-refractivity contribution is 7.08. The Morgan fingerprint density at radius 1 is 1.00 bits per heavy atom. The van der Waals surface area contributed by atoms with Gasteiger partial charge < -0.3 is 24.9 Å². The highest BCUT2D eigenvalue weighted by atomic mass is 32.1. The van der Waals surface area contributed by atoms with Gasteiger partial charge in [-0.25, -0.2) is 0 Å². The van der Waals surface area contributed by atoms with E-state index in [1.54, 1.807) is 21.2 Å². The first kappa shape index (κ1) is 27.3. The lowest BCUT2D eigenvalue weighted by Crippen LogP contribution is -2.44. The number of benzene rings is 1. The summed E-state index contributed by atoms with van der Waals surface area (Å²) in [5, 5.41) is 6.61. The molecule has 3 atom stereocenters. The van der Waals surface area contributed by atoms with Crippen molar-refractivity contribution in [3.63, 3.8) is 0 Å². The Bertz CT molecular complexity index is 1190. The molecular formula is C29H37N5O4S. The zero-order valence-corrected chi connectivity index (χ0v) is 23.5. The molecule has 1 aromatic carbocycles. The molecule has 1 aromatic heterocycles. The minimum atomic E-state index is -0.541. The van der Waals surface area contributed by atoms with E-state index in [-0.39, 0.29) is 42.0 Å². The van der Waals surface area contributed by atoms with Gasteiger partial charge in [0.25, 0.3) is 11.8 Å². The van der Waals surface area contributed by atoms with Gasteiger partial charge >= 0.3 is 0 Å². The SMILES string of the molecule is CC(CCNC(=O)c1ccc(N2CCN(C)CC2)cc1)CC(=O)N1CCC2C1C(=O)CN2C(=O)c1ccsc1. The van der Waals surface area contributed by atoms with Crippen molar-refractivity contribution in [3.8, 4) is 0 Å². The third-order valence-corrected chi connectivity index (χ3v) is 8.90. The molecule has 10 heteroatoms. The molecule has 0 radical (unpaired) electrons. The number of hydrogen-bond donors (Lipinski definition) is 1. The van der Waals surface area contributed by atoms with Crippen LogP contribution in [-0.2, 0) is 9.59 Å². The van der Waals surface area contributed by atoms with Crippen LogP contribution < -0.4 is 10.2 Å². The fourth-order valence-corrected chi connectivity index (χ4v) is 6.49. The van der Waals surface area contributed by atoms with E-state index in [0.717, 1.165) is 31.9 Å². The molecule has 39 heavy (non-hydrogen) atoms. The van der Waals surface area contributed by atoms with Crippen LogP contribution in [-0.4, -0.2) is 103 Å². The third kappa shape index (κ3) is 6.01. The number of ketones is 1. The topological polar surface area (TPSA) is 93.3 Å². The second-order valence-electron chi connectivity index (χ2n) is 11.0. The Labute approximate surface area is 233 Å². The van der Waals surface area contributed by atoms with Gasteiger partial charge in [0.2, 0.25) is 5.91 Å². The summed E-state index contributed by atoms with van der Waals surface area (Å²) < 4.78 is 0. The lowest BCUT2D eigenvalue weighted by atomic mass is 10.0. The number of nitrogens with one attached hydrogen (secondary N) is 1. The van der Waals surface area contributed by atoms with Gasteiger partial charge in [0.1, 0.15) is 6.04 Å². The van der Waals surface area contributed by atoms with Crippen molar-refractivity contribution < 1.29 is 19.2 Å². The van der Waals surface area contributed by atoms with Crippen molar-refractivity contribution in [1.82, 2.24) is 20.0 Å². The van der Waals surface area contributed by atoms with Crippen LogP contribution in [0.1, 0.15) is 46.9 Å². The number of anilines is 1. The van der Waals surface area contributed by atoms with Crippen LogP contribution in [0, 0.1) is 5.92 Å². The van der Waals surface area contributed by atoms with Crippen molar-refractivity contribution >= 4 is 40.5 Å². The Morgan fingerprint density at radius 2 is 1.74 bits per heavy atom. The molecule has 2 aromatic rings. The van der Waals surface area contributed by atoms with Crippen LogP contribution >= 0.6 is 11.3 Å². The van der Waals surface area contributed by atoms with Crippen molar-refractivity contribution in [3.05, 3.63) is 52.2 Å². The van der Waals surface area contributed by atoms with Gasteiger partial charge in [-0.2, -0.15) is 11.3 Å². The monoisotopic (exact) mass is 551 g/mol. The Kier molecular flexibility index (Phi) is 8.32. The summed E-state index contributed by atoms with van der Waals surface area (Å²) in [6.07, 6.45) is 1.59. The molecule has 0 bridgehead atoms. The first-order chi connectivity index (χ1) is 18.8. The zero-order chi connectivity index (χ0) is 27.5. The fraction of sp³-hybridized carbons (Fsp3) is 0.517. The number of carbonyl (C=O) groups is 4. The number of thiophene rings is 1. The van der Waals surface area contributed by atoms with Crippen LogP contribution in [0.4, 0.5) is 5.69 Å². The zero-order valence-electron chi connectivity index (χ0n) is 22.7. The van der Waals surface area contributed by atoms with Crippen molar-refractivity contribution in [2.45, 2.75) is 38.3 Å². The number of carbonyl (C=O) groups excluding carboxylic acids is 4. The van der Waals surface area contributed by atoms with Crippen LogP contribution in [0.2, 0.25) is 0 Å². The second kappa shape index (κ2) is 11.9. The maximum atomic E-state index is 13.1. The average molecular weight is 552 g/mol. The van der Waals surface area contributed by atoms with Gasteiger partial charge in [0, 0.05) is 62.3 Å². The van der Waals surface area contributed by atoms with E-state index >= 15 is 0 Å². The van der Waals surface area contributed by atoms with Crippen molar-refractivity contribution in [2.75, 3.05) is 57.8 Å². The summed E-state index contributed by atoms with van der Waals surface area (Å²) in [5.74, 6) is -0.319. The van der Waals surface area contributed by atoms with Crippen molar-refractivity contribution in [1.29, 1.82) is 0 Å². The molecule has 208 valence electrons. The van der Waals surface area contributed by atoms with Gasteiger partial charge in [-0.05, 0) is 61.5 Å². The molecule has 3 saturated heterocycles. The molecular weight excluding hydrogens is 514 g/mol. The summed E-state index contributed by atoms with van der Waals surface area (Å²) in [7, 11) is 2.13. The lowest BCUT2D eigenvalue weighted by molar-refractivity contribution is -0.137. The van der Waals surface area contributed by atoms with E-state index in [2.05, 4.69) is 22.2 Å². The fourth-order valence-electron chi connectivity index (χ4n) is 5.86. The van der Waals surface area contributed by atoms with Crippen LogP contribution in [0.3, 0.4) is 0 Å². The van der Waals surface area contributed by atoms with E-state index in [4.69, 9.17) is 0 Å². The number of fused-ring (bicyclic) bond motifs is 1. The predicted molar refractivity (Wildman–Crippen MR) is 151 cm³/mol. The van der Waals surface area contributed by atoms with Gasteiger partial charge in [0.15, 0.2) is 5.78 Å². The lowest BCUT2D eigenvalue weighted by Gasteiger charge is -2.34. The Morgan fingerprint density at radius 3 is 2.44 bits per heavy atom. The number of amides is 3. The van der Waals surface area contributed by atoms with Crippen LogP contribution in [0.15, 0.2) is 41.1 Å². The molecule has 3 aliphatic heterocycles. The molecule has 3 unspecified atom stereocenters. The number of likely N-dealkylation sites (N-methyl/N-ethyl adjacent to an activating group) is 1. The molecule has 5 rings (SSSR count). The maximum absolute atomic E-state index is 13.1. The minimum Gasteiger partial charge on any atom is -0.369 e. The van der Waals surface area contributed by atoms with E-state index in [0.29, 0.717) is 43.5 Å². The highest BCUT2D eigenvalue weighted by Gasteiger charge is 2.51.